The van der Waals surface area contributed by atoms with E-state index in [0.717, 1.165) is 16.8 Å². The Hall–Kier alpha value is -2.82. The second kappa shape index (κ2) is 9.61. The minimum Gasteiger partial charge on any atom is -0.378 e. The number of likely N-dealkylation sites (N-methyl/N-ethyl adjacent to an activating group) is 1. The number of hydrogen-bond acceptors (Lipinski definition) is 3. The lowest BCUT2D eigenvalue weighted by atomic mass is 10.1. The Kier molecular flexibility index (Phi) is 7.21. The summed E-state index contributed by atoms with van der Waals surface area (Å²) in [7, 11) is 3.99. The highest BCUT2D eigenvalue weighted by atomic mass is 16.2. The van der Waals surface area contributed by atoms with E-state index in [4.69, 9.17) is 0 Å². The summed E-state index contributed by atoms with van der Waals surface area (Å²) in [6, 6.07) is 17.6. The van der Waals surface area contributed by atoms with Crippen molar-refractivity contribution >= 4 is 17.5 Å². The van der Waals surface area contributed by atoms with Gasteiger partial charge in [0.05, 0.1) is 13.0 Å². The van der Waals surface area contributed by atoms with Crippen molar-refractivity contribution in [2.45, 2.75) is 19.9 Å². The molecule has 0 saturated heterocycles. The molecule has 0 radical (unpaired) electrons. The molecule has 1 N–H and O–H groups in total. The average Bonchev–Trinajstić information content (AvgIpc) is 2.65. The molecule has 0 heterocycles. The molecule has 26 heavy (non-hydrogen) atoms. The van der Waals surface area contributed by atoms with Gasteiger partial charge in [0.15, 0.2) is 0 Å². The van der Waals surface area contributed by atoms with Gasteiger partial charge in [-0.05, 0) is 30.2 Å². The molecule has 0 aliphatic carbocycles. The van der Waals surface area contributed by atoms with E-state index in [2.05, 4.69) is 5.32 Å². The van der Waals surface area contributed by atoms with Gasteiger partial charge < -0.3 is 15.1 Å². The number of benzene rings is 2. The highest BCUT2D eigenvalue weighted by Gasteiger charge is 2.13. The fourth-order valence-electron chi connectivity index (χ4n) is 2.63. The summed E-state index contributed by atoms with van der Waals surface area (Å²) in [5, 5.41) is 2.72. The third kappa shape index (κ3) is 5.92. The number of nitrogens with zero attached hydrogens (tertiary/aromatic N) is 2. The molecule has 0 aromatic heterocycles. The Morgan fingerprint density at radius 2 is 1.58 bits per heavy atom. The van der Waals surface area contributed by atoms with Crippen molar-refractivity contribution in [2.24, 2.45) is 0 Å². The topological polar surface area (TPSA) is 52.6 Å². The first kappa shape index (κ1) is 19.5. The minimum atomic E-state index is -0.143. The molecule has 2 rings (SSSR count). The lowest BCUT2D eigenvalue weighted by Crippen LogP contribution is -2.40. The zero-order valence-electron chi connectivity index (χ0n) is 15.7. The summed E-state index contributed by atoms with van der Waals surface area (Å²) in [4.78, 5) is 28.2. The Morgan fingerprint density at radius 1 is 0.923 bits per heavy atom. The quantitative estimate of drug-likeness (QED) is 0.793. The van der Waals surface area contributed by atoms with E-state index in [1.165, 1.54) is 0 Å². The average molecular weight is 353 g/mol. The van der Waals surface area contributed by atoms with E-state index < -0.39 is 0 Å². The number of anilines is 1. The first-order chi connectivity index (χ1) is 12.5. The maximum absolute atomic E-state index is 12.4. The van der Waals surface area contributed by atoms with Crippen molar-refractivity contribution in [2.75, 3.05) is 32.1 Å². The molecule has 0 aliphatic heterocycles. The lowest BCUT2D eigenvalue weighted by molar-refractivity contribution is -0.133. The van der Waals surface area contributed by atoms with E-state index in [1.54, 1.807) is 4.90 Å². The van der Waals surface area contributed by atoms with Gasteiger partial charge in [0, 0.05) is 32.9 Å². The van der Waals surface area contributed by atoms with Gasteiger partial charge in [-0.1, -0.05) is 42.5 Å². The highest BCUT2D eigenvalue weighted by Crippen LogP contribution is 2.13. The van der Waals surface area contributed by atoms with E-state index >= 15 is 0 Å². The van der Waals surface area contributed by atoms with Crippen LogP contribution in [-0.2, 0) is 22.6 Å². The molecule has 0 aliphatic rings. The van der Waals surface area contributed by atoms with E-state index in [0.29, 0.717) is 13.1 Å². The predicted octanol–water partition coefficient (Wildman–Crippen LogP) is 2.46. The van der Waals surface area contributed by atoms with Crippen LogP contribution < -0.4 is 10.2 Å². The fraction of sp³-hybridized carbons (Fsp3) is 0.333. The molecule has 2 aromatic rings. The number of hydrogen-bond donors (Lipinski definition) is 1. The molecule has 0 spiro atoms. The van der Waals surface area contributed by atoms with Crippen LogP contribution >= 0.6 is 0 Å². The monoisotopic (exact) mass is 353 g/mol. The van der Waals surface area contributed by atoms with Crippen molar-refractivity contribution in [3.63, 3.8) is 0 Å². The molecule has 5 heteroatoms. The van der Waals surface area contributed by atoms with Gasteiger partial charge in [0.1, 0.15) is 0 Å². The van der Waals surface area contributed by atoms with Gasteiger partial charge in [-0.2, -0.15) is 0 Å². The molecule has 0 atom stereocenters. The van der Waals surface area contributed by atoms with Crippen LogP contribution in [0.15, 0.2) is 54.6 Å². The predicted molar refractivity (Wildman–Crippen MR) is 105 cm³/mol. The number of nitrogens with one attached hydrogen (secondary N) is 1. The van der Waals surface area contributed by atoms with Crippen LogP contribution in [0.5, 0.6) is 0 Å². The Morgan fingerprint density at radius 3 is 2.15 bits per heavy atom. The van der Waals surface area contributed by atoms with Crippen molar-refractivity contribution in [1.29, 1.82) is 0 Å². The molecule has 0 fully saturated rings. The Bertz CT molecular complexity index is 712. The molecule has 0 saturated carbocycles. The smallest absolute Gasteiger partial charge is 0.242 e. The highest BCUT2D eigenvalue weighted by molar-refractivity contribution is 5.85. The van der Waals surface area contributed by atoms with Crippen LogP contribution in [0, 0.1) is 0 Å². The summed E-state index contributed by atoms with van der Waals surface area (Å²) in [5.74, 6) is -0.221. The minimum absolute atomic E-state index is 0.0231. The molecular formula is C21H27N3O2. The standard InChI is InChI=1S/C21H27N3O2/c1-4-24(16-18-10-12-19(13-11-18)23(2)3)21(26)15-22-20(25)14-17-8-6-5-7-9-17/h5-13H,4,14-16H2,1-3H3,(H,22,25). The van der Waals surface area contributed by atoms with Gasteiger partial charge in [-0.25, -0.2) is 0 Å². The van der Waals surface area contributed by atoms with Crippen LogP contribution in [-0.4, -0.2) is 43.9 Å². The zero-order valence-corrected chi connectivity index (χ0v) is 15.7. The van der Waals surface area contributed by atoms with Crippen LogP contribution in [0.1, 0.15) is 18.1 Å². The van der Waals surface area contributed by atoms with E-state index in [1.807, 2.05) is 80.5 Å². The molecule has 0 bridgehead atoms. The second-order valence-corrected chi connectivity index (χ2v) is 6.41. The van der Waals surface area contributed by atoms with Crippen LogP contribution in [0.3, 0.4) is 0 Å². The van der Waals surface area contributed by atoms with Crippen LogP contribution in [0.25, 0.3) is 0 Å². The first-order valence-corrected chi connectivity index (χ1v) is 8.84. The van der Waals surface area contributed by atoms with Gasteiger partial charge in [0.2, 0.25) is 11.8 Å². The molecule has 2 amide bonds. The van der Waals surface area contributed by atoms with Crippen LogP contribution in [0.2, 0.25) is 0 Å². The second-order valence-electron chi connectivity index (χ2n) is 6.41. The third-order valence-corrected chi connectivity index (χ3v) is 4.20. The summed E-state index contributed by atoms with van der Waals surface area (Å²) in [5.41, 5.74) is 3.13. The lowest BCUT2D eigenvalue weighted by Gasteiger charge is -2.22. The number of rotatable bonds is 8. The van der Waals surface area contributed by atoms with Gasteiger partial charge in [0.25, 0.3) is 0 Å². The number of amides is 2. The van der Waals surface area contributed by atoms with Crippen LogP contribution in [0.4, 0.5) is 5.69 Å². The molecule has 2 aromatic carbocycles. The van der Waals surface area contributed by atoms with E-state index in [9.17, 15) is 9.59 Å². The van der Waals surface area contributed by atoms with Crippen molar-refractivity contribution < 1.29 is 9.59 Å². The summed E-state index contributed by atoms with van der Waals surface area (Å²) in [6.07, 6.45) is 0.284. The summed E-state index contributed by atoms with van der Waals surface area (Å²) >= 11 is 0. The first-order valence-electron chi connectivity index (χ1n) is 8.84. The molecule has 138 valence electrons. The zero-order chi connectivity index (χ0) is 18.9. The normalized spacial score (nSPS) is 10.3. The van der Waals surface area contributed by atoms with Gasteiger partial charge in [-0.15, -0.1) is 0 Å². The van der Waals surface area contributed by atoms with Crippen molar-refractivity contribution in [3.8, 4) is 0 Å². The maximum atomic E-state index is 12.4. The number of carbonyl (C=O) groups is 2. The van der Waals surface area contributed by atoms with Crippen molar-refractivity contribution in [1.82, 2.24) is 10.2 Å². The maximum Gasteiger partial charge on any atom is 0.242 e. The largest absolute Gasteiger partial charge is 0.378 e. The van der Waals surface area contributed by atoms with Gasteiger partial charge >= 0.3 is 0 Å². The summed E-state index contributed by atoms with van der Waals surface area (Å²) in [6.45, 7) is 3.10. The number of carbonyl (C=O) groups excluding carboxylic acids is 2. The molecular weight excluding hydrogens is 326 g/mol. The molecule has 5 nitrogen and oxygen atoms in total. The van der Waals surface area contributed by atoms with Gasteiger partial charge in [-0.3, -0.25) is 9.59 Å². The van der Waals surface area contributed by atoms with Crippen molar-refractivity contribution in [3.05, 3.63) is 65.7 Å². The summed E-state index contributed by atoms with van der Waals surface area (Å²) < 4.78 is 0. The Labute approximate surface area is 155 Å². The molecule has 0 unspecified atom stereocenters. The Balaban J connectivity index is 1.84. The SMILES string of the molecule is CCN(Cc1ccc(N(C)C)cc1)C(=O)CNC(=O)Cc1ccccc1. The van der Waals surface area contributed by atoms with E-state index in [-0.39, 0.29) is 24.8 Å². The third-order valence-electron chi connectivity index (χ3n) is 4.20. The fourth-order valence-corrected chi connectivity index (χ4v) is 2.63.